The molecular formula is C11H13NO4. The minimum absolute atomic E-state index is 0.201. The van der Waals surface area contributed by atoms with E-state index in [2.05, 4.69) is 10.1 Å². The maximum atomic E-state index is 11.0. The normalized spacial score (nSPS) is 9.62. The first-order valence-corrected chi connectivity index (χ1v) is 4.79. The SMILES string of the molecule is CCc1cc(C(=O)O)ccc1NC(=O)OC. The predicted octanol–water partition coefficient (Wildman–Crippen LogP) is 2.13. The quantitative estimate of drug-likeness (QED) is 0.823. The van der Waals surface area contributed by atoms with Gasteiger partial charge in [0.2, 0.25) is 0 Å². The summed E-state index contributed by atoms with van der Waals surface area (Å²) < 4.78 is 4.46. The van der Waals surface area contributed by atoms with Gasteiger partial charge in [-0.2, -0.15) is 0 Å². The van der Waals surface area contributed by atoms with E-state index in [0.29, 0.717) is 12.1 Å². The summed E-state index contributed by atoms with van der Waals surface area (Å²) in [5.74, 6) is -0.987. The van der Waals surface area contributed by atoms with Crippen LogP contribution in [0.25, 0.3) is 0 Å². The van der Waals surface area contributed by atoms with Gasteiger partial charge in [0, 0.05) is 5.69 Å². The molecule has 16 heavy (non-hydrogen) atoms. The second kappa shape index (κ2) is 5.16. The number of methoxy groups -OCH3 is 1. The molecule has 5 nitrogen and oxygen atoms in total. The van der Waals surface area contributed by atoms with Crippen molar-refractivity contribution in [1.82, 2.24) is 0 Å². The lowest BCUT2D eigenvalue weighted by molar-refractivity contribution is 0.0697. The first-order valence-electron chi connectivity index (χ1n) is 4.79. The van der Waals surface area contributed by atoms with Gasteiger partial charge in [0.1, 0.15) is 0 Å². The molecule has 0 atom stereocenters. The van der Waals surface area contributed by atoms with Crippen LogP contribution in [0.4, 0.5) is 10.5 Å². The summed E-state index contributed by atoms with van der Waals surface area (Å²) in [5.41, 5.74) is 1.52. The standard InChI is InChI=1S/C11H13NO4/c1-3-7-6-8(10(13)14)4-5-9(7)12-11(15)16-2/h4-6H,3H2,1-2H3,(H,12,15)(H,13,14). The number of carboxylic acid groups (broad SMARTS) is 1. The third kappa shape index (κ3) is 2.73. The number of hydrogen-bond acceptors (Lipinski definition) is 3. The fraction of sp³-hybridized carbons (Fsp3) is 0.273. The number of rotatable bonds is 3. The molecule has 0 unspecified atom stereocenters. The topological polar surface area (TPSA) is 75.6 Å². The molecule has 2 N–H and O–H groups in total. The molecule has 0 aliphatic rings. The molecule has 0 bridgehead atoms. The second-order valence-electron chi connectivity index (χ2n) is 3.15. The van der Waals surface area contributed by atoms with Crippen LogP contribution in [0.2, 0.25) is 0 Å². The molecule has 0 aromatic heterocycles. The fourth-order valence-electron chi connectivity index (χ4n) is 1.30. The maximum absolute atomic E-state index is 11.0. The molecule has 0 radical (unpaired) electrons. The van der Waals surface area contributed by atoms with E-state index in [4.69, 9.17) is 5.11 Å². The van der Waals surface area contributed by atoms with E-state index in [1.807, 2.05) is 6.92 Å². The van der Waals surface area contributed by atoms with Crippen LogP contribution in [0.1, 0.15) is 22.8 Å². The van der Waals surface area contributed by atoms with Crippen molar-refractivity contribution in [1.29, 1.82) is 0 Å². The van der Waals surface area contributed by atoms with Gasteiger partial charge < -0.3 is 9.84 Å². The highest BCUT2D eigenvalue weighted by Gasteiger charge is 2.09. The molecule has 0 saturated carbocycles. The number of hydrogen-bond donors (Lipinski definition) is 2. The summed E-state index contributed by atoms with van der Waals surface area (Å²) in [6.45, 7) is 1.88. The number of carboxylic acids is 1. The first-order chi connectivity index (χ1) is 7.58. The van der Waals surface area contributed by atoms with Crippen LogP contribution in [-0.2, 0) is 11.2 Å². The van der Waals surface area contributed by atoms with Crippen molar-refractivity contribution in [2.24, 2.45) is 0 Å². The van der Waals surface area contributed by atoms with Gasteiger partial charge in [-0.3, -0.25) is 5.32 Å². The lowest BCUT2D eigenvalue weighted by Gasteiger charge is -2.09. The summed E-state index contributed by atoms with van der Waals surface area (Å²) in [4.78, 5) is 21.8. The summed E-state index contributed by atoms with van der Waals surface area (Å²) in [6, 6.07) is 4.53. The molecule has 0 fully saturated rings. The van der Waals surface area contributed by atoms with Crippen molar-refractivity contribution in [2.45, 2.75) is 13.3 Å². The Balaban J connectivity index is 3.02. The van der Waals surface area contributed by atoms with Crippen LogP contribution in [0.3, 0.4) is 0 Å². The number of anilines is 1. The average molecular weight is 223 g/mol. The highest BCUT2D eigenvalue weighted by atomic mass is 16.5. The molecule has 1 aromatic carbocycles. The van der Waals surface area contributed by atoms with Crippen molar-refractivity contribution in [3.05, 3.63) is 29.3 Å². The Kier molecular flexibility index (Phi) is 3.88. The number of carbonyl (C=O) groups is 2. The second-order valence-corrected chi connectivity index (χ2v) is 3.15. The highest BCUT2D eigenvalue weighted by molar-refractivity contribution is 5.90. The Morgan fingerprint density at radius 1 is 1.44 bits per heavy atom. The molecule has 1 rings (SSSR count). The third-order valence-corrected chi connectivity index (χ3v) is 2.16. The lowest BCUT2D eigenvalue weighted by atomic mass is 10.1. The average Bonchev–Trinajstić information content (AvgIpc) is 2.29. The number of nitrogens with one attached hydrogen (secondary N) is 1. The number of ether oxygens (including phenoxy) is 1. The Bertz CT molecular complexity index is 414. The molecule has 0 saturated heterocycles. The molecule has 0 aliphatic heterocycles. The molecular weight excluding hydrogens is 210 g/mol. The maximum Gasteiger partial charge on any atom is 0.411 e. The number of amides is 1. The highest BCUT2D eigenvalue weighted by Crippen LogP contribution is 2.18. The number of aromatic carboxylic acids is 1. The molecule has 0 heterocycles. The summed E-state index contributed by atoms with van der Waals surface area (Å²) in [7, 11) is 1.27. The number of benzene rings is 1. The van der Waals surface area contributed by atoms with Gasteiger partial charge in [-0.25, -0.2) is 9.59 Å². The third-order valence-electron chi connectivity index (χ3n) is 2.16. The van der Waals surface area contributed by atoms with Crippen LogP contribution in [0.5, 0.6) is 0 Å². The zero-order chi connectivity index (χ0) is 12.1. The Morgan fingerprint density at radius 3 is 2.62 bits per heavy atom. The van der Waals surface area contributed by atoms with Crippen molar-refractivity contribution in [3.8, 4) is 0 Å². The van der Waals surface area contributed by atoms with Crippen molar-refractivity contribution in [2.75, 3.05) is 12.4 Å². The van der Waals surface area contributed by atoms with E-state index in [-0.39, 0.29) is 5.56 Å². The van der Waals surface area contributed by atoms with Gasteiger partial charge in [-0.15, -0.1) is 0 Å². The molecule has 86 valence electrons. The predicted molar refractivity (Wildman–Crippen MR) is 58.8 cm³/mol. The Morgan fingerprint density at radius 2 is 2.12 bits per heavy atom. The Labute approximate surface area is 93.0 Å². The van der Waals surface area contributed by atoms with E-state index >= 15 is 0 Å². The smallest absolute Gasteiger partial charge is 0.411 e. The first kappa shape index (κ1) is 12.0. The van der Waals surface area contributed by atoms with Gasteiger partial charge >= 0.3 is 12.1 Å². The van der Waals surface area contributed by atoms with E-state index in [1.165, 1.54) is 19.2 Å². The lowest BCUT2D eigenvalue weighted by Crippen LogP contribution is -2.13. The summed E-state index contributed by atoms with van der Waals surface area (Å²) in [6.07, 6.45) is 0.0539. The monoisotopic (exact) mass is 223 g/mol. The summed E-state index contributed by atoms with van der Waals surface area (Å²) in [5, 5.41) is 11.3. The number of aryl methyl sites for hydroxylation is 1. The van der Waals surface area contributed by atoms with Gasteiger partial charge in [-0.1, -0.05) is 6.92 Å². The van der Waals surface area contributed by atoms with Gasteiger partial charge in [-0.05, 0) is 30.2 Å². The van der Waals surface area contributed by atoms with Crippen LogP contribution in [0.15, 0.2) is 18.2 Å². The largest absolute Gasteiger partial charge is 0.478 e. The van der Waals surface area contributed by atoms with Gasteiger partial charge in [0.15, 0.2) is 0 Å². The molecule has 1 amide bonds. The molecule has 5 heteroatoms. The van der Waals surface area contributed by atoms with Crippen LogP contribution >= 0.6 is 0 Å². The van der Waals surface area contributed by atoms with E-state index in [1.54, 1.807) is 6.07 Å². The van der Waals surface area contributed by atoms with Crippen LogP contribution < -0.4 is 5.32 Å². The van der Waals surface area contributed by atoms with E-state index in [9.17, 15) is 9.59 Å². The van der Waals surface area contributed by atoms with Crippen LogP contribution in [-0.4, -0.2) is 24.3 Å². The van der Waals surface area contributed by atoms with Crippen molar-refractivity contribution < 1.29 is 19.4 Å². The zero-order valence-corrected chi connectivity index (χ0v) is 9.11. The number of carbonyl (C=O) groups excluding carboxylic acids is 1. The minimum Gasteiger partial charge on any atom is -0.478 e. The fourth-order valence-corrected chi connectivity index (χ4v) is 1.30. The summed E-state index contributed by atoms with van der Waals surface area (Å²) >= 11 is 0. The van der Waals surface area contributed by atoms with Gasteiger partial charge in [0.05, 0.1) is 12.7 Å². The molecule has 0 spiro atoms. The molecule has 1 aromatic rings. The van der Waals surface area contributed by atoms with E-state index in [0.717, 1.165) is 5.56 Å². The Hall–Kier alpha value is -2.04. The van der Waals surface area contributed by atoms with Gasteiger partial charge in [0.25, 0.3) is 0 Å². The van der Waals surface area contributed by atoms with Crippen molar-refractivity contribution in [3.63, 3.8) is 0 Å². The van der Waals surface area contributed by atoms with Crippen molar-refractivity contribution >= 4 is 17.7 Å². The minimum atomic E-state index is -0.987. The molecule has 0 aliphatic carbocycles. The zero-order valence-electron chi connectivity index (χ0n) is 9.11. The van der Waals surface area contributed by atoms with Crippen LogP contribution in [0, 0.1) is 0 Å². The van der Waals surface area contributed by atoms with E-state index < -0.39 is 12.1 Å².